The normalized spacial score (nSPS) is 12.1. The van der Waals surface area contributed by atoms with E-state index in [2.05, 4.69) is 9.97 Å². The van der Waals surface area contributed by atoms with Gasteiger partial charge >= 0.3 is 5.84 Å². The Balaban J connectivity index is 2.14. The van der Waals surface area contributed by atoms with E-state index < -0.39 is 10.0 Å². The van der Waals surface area contributed by atoms with Crippen LogP contribution in [-0.4, -0.2) is 36.1 Å². The molecular formula is C16H14N4O3S. The van der Waals surface area contributed by atoms with Gasteiger partial charge in [0.05, 0.1) is 6.26 Å². The fourth-order valence-electron chi connectivity index (χ4n) is 2.61. The van der Waals surface area contributed by atoms with Crippen LogP contribution in [0.15, 0.2) is 53.1 Å². The maximum Gasteiger partial charge on any atom is 0.310 e. The van der Waals surface area contributed by atoms with Crippen LogP contribution in [0.2, 0.25) is 0 Å². The Hall–Kier alpha value is -2.87. The van der Waals surface area contributed by atoms with Crippen molar-refractivity contribution in [3.05, 3.63) is 48.7 Å². The highest BCUT2D eigenvalue weighted by Crippen LogP contribution is 2.35. The van der Waals surface area contributed by atoms with Gasteiger partial charge in [-0.2, -0.15) is 4.98 Å². The number of imidazole rings is 1. The van der Waals surface area contributed by atoms with Crippen molar-refractivity contribution in [1.82, 2.24) is 14.4 Å². The zero-order valence-corrected chi connectivity index (χ0v) is 13.9. The molecule has 0 spiro atoms. The number of nitrogens with zero attached hydrogens (tertiary/aromatic N) is 4. The SMILES string of the molecule is CN(c1nc2oc3cccnc3n2c1-c1ccccc1)S(C)(=O)=O. The lowest BCUT2D eigenvalue weighted by molar-refractivity contribution is 0.600. The Morgan fingerprint density at radius 3 is 2.58 bits per heavy atom. The lowest BCUT2D eigenvalue weighted by atomic mass is 10.1. The van der Waals surface area contributed by atoms with Gasteiger partial charge in [0, 0.05) is 18.8 Å². The Morgan fingerprint density at radius 1 is 1.12 bits per heavy atom. The maximum atomic E-state index is 12.0. The minimum absolute atomic E-state index is 0.299. The molecule has 0 fully saturated rings. The number of anilines is 1. The highest BCUT2D eigenvalue weighted by atomic mass is 32.2. The quantitative estimate of drug-likeness (QED) is 0.571. The lowest BCUT2D eigenvalue weighted by Crippen LogP contribution is -2.25. The minimum atomic E-state index is -3.47. The van der Waals surface area contributed by atoms with E-state index in [1.807, 2.05) is 30.3 Å². The summed E-state index contributed by atoms with van der Waals surface area (Å²) in [5.41, 5.74) is 2.62. The summed E-state index contributed by atoms with van der Waals surface area (Å²) >= 11 is 0. The van der Waals surface area contributed by atoms with Crippen molar-refractivity contribution in [2.24, 2.45) is 0 Å². The van der Waals surface area contributed by atoms with Crippen molar-refractivity contribution in [2.75, 3.05) is 17.6 Å². The van der Waals surface area contributed by atoms with Crippen LogP contribution in [0, 0.1) is 0 Å². The molecule has 0 amide bonds. The molecule has 4 rings (SSSR count). The number of pyridine rings is 1. The third-order valence-corrected chi connectivity index (χ3v) is 5.00. The standard InChI is InChI=1S/C16H14N4O3S/c1-19(24(2,21)22)15-13(11-7-4-3-5-8-11)20-14-12(9-6-10-17-14)23-16(20)18-15/h3-10H,1-2H3. The van der Waals surface area contributed by atoms with Crippen LogP contribution in [0.25, 0.3) is 28.3 Å². The fraction of sp³-hybridized carbons (Fsp3) is 0.125. The van der Waals surface area contributed by atoms with E-state index in [-0.39, 0.29) is 0 Å². The molecule has 3 heterocycles. The van der Waals surface area contributed by atoms with E-state index in [9.17, 15) is 8.42 Å². The monoisotopic (exact) mass is 342 g/mol. The molecule has 122 valence electrons. The molecule has 0 saturated heterocycles. The second-order valence-corrected chi connectivity index (χ2v) is 7.44. The van der Waals surface area contributed by atoms with E-state index in [0.717, 1.165) is 16.1 Å². The van der Waals surface area contributed by atoms with Crippen molar-refractivity contribution < 1.29 is 12.8 Å². The highest BCUT2D eigenvalue weighted by molar-refractivity contribution is 7.92. The summed E-state index contributed by atoms with van der Waals surface area (Å²) in [6, 6.07) is 13.0. The number of hydrogen-bond donors (Lipinski definition) is 0. The summed E-state index contributed by atoms with van der Waals surface area (Å²) in [4.78, 5) is 8.75. The average Bonchev–Trinajstić information content (AvgIpc) is 3.09. The number of sulfonamides is 1. The molecule has 24 heavy (non-hydrogen) atoms. The summed E-state index contributed by atoms with van der Waals surface area (Å²) < 4.78 is 32.6. The van der Waals surface area contributed by atoms with E-state index in [1.54, 1.807) is 22.7 Å². The highest BCUT2D eigenvalue weighted by Gasteiger charge is 2.26. The van der Waals surface area contributed by atoms with Gasteiger partial charge in [-0.05, 0) is 12.1 Å². The number of rotatable bonds is 3. The van der Waals surface area contributed by atoms with E-state index >= 15 is 0 Å². The molecule has 0 aliphatic heterocycles. The number of aromatic nitrogens is 3. The number of fused-ring (bicyclic) bond motifs is 3. The molecule has 0 bridgehead atoms. The molecule has 3 aromatic heterocycles. The molecule has 0 unspecified atom stereocenters. The number of benzene rings is 1. The molecule has 0 aliphatic rings. The summed E-state index contributed by atoms with van der Waals surface area (Å²) in [6.45, 7) is 0. The molecular weight excluding hydrogens is 328 g/mol. The average molecular weight is 342 g/mol. The maximum absolute atomic E-state index is 12.0. The molecule has 8 heteroatoms. The molecule has 0 aliphatic carbocycles. The first-order chi connectivity index (χ1) is 11.5. The zero-order chi connectivity index (χ0) is 16.9. The van der Waals surface area contributed by atoms with Crippen LogP contribution in [0.1, 0.15) is 0 Å². The van der Waals surface area contributed by atoms with Crippen LogP contribution >= 0.6 is 0 Å². The zero-order valence-electron chi connectivity index (χ0n) is 13.0. The summed E-state index contributed by atoms with van der Waals surface area (Å²) in [5.74, 6) is 0.600. The van der Waals surface area contributed by atoms with Crippen molar-refractivity contribution in [1.29, 1.82) is 0 Å². The first kappa shape index (κ1) is 14.7. The third kappa shape index (κ3) is 2.15. The van der Waals surface area contributed by atoms with Crippen LogP contribution in [0.5, 0.6) is 0 Å². The molecule has 0 N–H and O–H groups in total. The Kier molecular flexibility index (Phi) is 3.10. The lowest BCUT2D eigenvalue weighted by Gasteiger charge is -2.15. The summed E-state index contributed by atoms with van der Waals surface area (Å²) in [6.07, 6.45) is 2.80. The minimum Gasteiger partial charge on any atom is -0.421 e. The Bertz CT molecular complexity index is 1150. The van der Waals surface area contributed by atoms with Crippen LogP contribution < -0.4 is 4.31 Å². The Morgan fingerprint density at radius 2 is 1.88 bits per heavy atom. The summed E-state index contributed by atoms with van der Waals surface area (Å²) in [5, 5.41) is 0. The van der Waals surface area contributed by atoms with E-state index in [1.165, 1.54) is 7.05 Å². The predicted molar refractivity (Wildman–Crippen MR) is 91.4 cm³/mol. The predicted octanol–water partition coefficient (Wildman–Crippen LogP) is 2.54. The van der Waals surface area contributed by atoms with E-state index in [4.69, 9.17) is 4.42 Å². The molecule has 0 radical (unpaired) electrons. The van der Waals surface area contributed by atoms with Gasteiger partial charge < -0.3 is 4.42 Å². The topological polar surface area (TPSA) is 80.7 Å². The van der Waals surface area contributed by atoms with E-state index in [0.29, 0.717) is 28.6 Å². The molecule has 7 nitrogen and oxygen atoms in total. The smallest absolute Gasteiger partial charge is 0.310 e. The molecule has 1 aromatic carbocycles. The van der Waals surface area contributed by atoms with Crippen molar-refractivity contribution in [3.63, 3.8) is 0 Å². The first-order valence-electron chi connectivity index (χ1n) is 7.22. The second kappa shape index (κ2) is 5.07. The Labute approximate surface area is 138 Å². The van der Waals surface area contributed by atoms with Gasteiger partial charge in [-0.25, -0.2) is 17.8 Å². The van der Waals surface area contributed by atoms with Crippen LogP contribution in [0.3, 0.4) is 0 Å². The van der Waals surface area contributed by atoms with Crippen molar-refractivity contribution >= 4 is 32.9 Å². The fourth-order valence-corrected chi connectivity index (χ4v) is 3.05. The van der Waals surface area contributed by atoms with Gasteiger partial charge in [-0.15, -0.1) is 0 Å². The van der Waals surface area contributed by atoms with Gasteiger partial charge in [0.15, 0.2) is 17.0 Å². The second-order valence-electron chi connectivity index (χ2n) is 5.43. The molecule has 0 atom stereocenters. The van der Waals surface area contributed by atoms with Crippen LogP contribution in [-0.2, 0) is 10.0 Å². The molecule has 4 aromatic rings. The van der Waals surface area contributed by atoms with Gasteiger partial charge in [0.2, 0.25) is 10.0 Å². The third-order valence-electron chi connectivity index (χ3n) is 3.84. The van der Waals surface area contributed by atoms with Crippen molar-refractivity contribution in [3.8, 4) is 11.3 Å². The van der Waals surface area contributed by atoms with Gasteiger partial charge in [-0.3, -0.25) is 4.31 Å². The number of oxazole rings is 1. The molecule has 0 saturated carbocycles. The van der Waals surface area contributed by atoms with Gasteiger partial charge in [-0.1, -0.05) is 30.3 Å². The largest absolute Gasteiger partial charge is 0.421 e. The van der Waals surface area contributed by atoms with Gasteiger partial charge in [0.1, 0.15) is 5.69 Å². The summed E-state index contributed by atoms with van der Waals surface area (Å²) in [7, 11) is -2.00. The number of hydrogen-bond acceptors (Lipinski definition) is 5. The van der Waals surface area contributed by atoms with Gasteiger partial charge in [0.25, 0.3) is 0 Å². The first-order valence-corrected chi connectivity index (χ1v) is 9.07. The van der Waals surface area contributed by atoms with Crippen LogP contribution in [0.4, 0.5) is 5.82 Å². The van der Waals surface area contributed by atoms with Crippen molar-refractivity contribution in [2.45, 2.75) is 0 Å².